The maximum Gasteiger partial charge on any atom is 0.228 e. The highest BCUT2D eigenvalue weighted by molar-refractivity contribution is 7.09. The lowest BCUT2D eigenvalue weighted by Crippen LogP contribution is -2.34. The van der Waals surface area contributed by atoms with Crippen molar-refractivity contribution in [1.29, 1.82) is 0 Å². The molecule has 6 heteroatoms. The Morgan fingerprint density at radius 1 is 1.18 bits per heavy atom. The molecule has 0 spiro atoms. The Kier molecular flexibility index (Phi) is 6.87. The minimum atomic E-state index is -0.431. The molecule has 3 aromatic rings. The second kappa shape index (κ2) is 9.55. The van der Waals surface area contributed by atoms with Crippen LogP contribution in [0.3, 0.4) is 0 Å². The molecule has 0 aliphatic heterocycles. The molecule has 0 saturated carbocycles. The van der Waals surface area contributed by atoms with Crippen molar-refractivity contribution in [3.63, 3.8) is 0 Å². The Labute approximate surface area is 168 Å². The summed E-state index contributed by atoms with van der Waals surface area (Å²) in [6.07, 6.45) is 6.53. The second-order valence-electron chi connectivity index (χ2n) is 7.23. The average molecular weight is 398 g/mol. The van der Waals surface area contributed by atoms with E-state index < -0.39 is 5.92 Å². The Morgan fingerprint density at radius 3 is 2.57 bits per heavy atom. The molecule has 1 aromatic carbocycles. The first kappa shape index (κ1) is 20.1. The summed E-state index contributed by atoms with van der Waals surface area (Å²) in [6, 6.07) is 9.81. The number of pyridine rings is 1. The largest absolute Gasteiger partial charge is 0.346 e. The molecular formula is C22H24FN3OS. The van der Waals surface area contributed by atoms with Gasteiger partial charge in [0.15, 0.2) is 0 Å². The minimum absolute atomic E-state index is 0.0867. The lowest BCUT2D eigenvalue weighted by molar-refractivity contribution is -0.123. The number of thiazole rings is 1. The zero-order valence-corrected chi connectivity index (χ0v) is 16.8. The summed E-state index contributed by atoms with van der Waals surface area (Å²) >= 11 is 1.54. The van der Waals surface area contributed by atoms with Crippen LogP contribution in [0.2, 0.25) is 0 Å². The quantitative estimate of drug-likeness (QED) is 0.588. The van der Waals surface area contributed by atoms with Crippen LogP contribution in [0, 0.1) is 11.7 Å². The van der Waals surface area contributed by atoms with Crippen LogP contribution in [0.15, 0.2) is 60.4 Å². The topological polar surface area (TPSA) is 54.9 Å². The van der Waals surface area contributed by atoms with Crippen LogP contribution >= 0.6 is 11.3 Å². The molecule has 1 amide bonds. The Hall–Kier alpha value is -2.60. The molecule has 2 aromatic heterocycles. The molecule has 1 N–H and O–H groups in total. The first-order chi connectivity index (χ1) is 13.5. The van der Waals surface area contributed by atoms with E-state index in [2.05, 4.69) is 29.1 Å². The monoisotopic (exact) mass is 397 g/mol. The van der Waals surface area contributed by atoms with Gasteiger partial charge >= 0.3 is 0 Å². The summed E-state index contributed by atoms with van der Waals surface area (Å²) in [4.78, 5) is 21.8. The van der Waals surface area contributed by atoms with Gasteiger partial charge in [0.05, 0.1) is 12.0 Å². The van der Waals surface area contributed by atoms with Gasteiger partial charge < -0.3 is 5.32 Å². The predicted molar refractivity (Wildman–Crippen MR) is 110 cm³/mol. The normalized spacial score (nSPS) is 13.3. The fraction of sp³-hybridized carbons (Fsp3) is 0.318. The van der Waals surface area contributed by atoms with Crippen LogP contribution < -0.4 is 5.32 Å². The van der Waals surface area contributed by atoms with E-state index in [1.54, 1.807) is 42.1 Å². The summed E-state index contributed by atoms with van der Waals surface area (Å²) in [7, 11) is 0. The molecule has 4 nitrogen and oxygen atoms in total. The fourth-order valence-electron chi connectivity index (χ4n) is 3.18. The van der Waals surface area contributed by atoms with Crippen LogP contribution in [0.5, 0.6) is 0 Å². The number of nitrogens with zero attached hydrogens (tertiary/aromatic N) is 2. The highest BCUT2D eigenvalue weighted by Gasteiger charge is 2.26. The van der Waals surface area contributed by atoms with E-state index in [1.165, 1.54) is 12.1 Å². The number of hydrogen-bond donors (Lipinski definition) is 1. The van der Waals surface area contributed by atoms with Crippen molar-refractivity contribution in [1.82, 2.24) is 15.3 Å². The van der Waals surface area contributed by atoms with Crippen molar-refractivity contribution in [2.24, 2.45) is 5.92 Å². The van der Waals surface area contributed by atoms with Gasteiger partial charge in [0.2, 0.25) is 5.91 Å². The van der Waals surface area contributed by atoms with E-state index in [-0.39, 0.29) is 17.8 Å². The molecular weight excluding hydrogens is 373 g/mol. The number of benzene rings is 1. The second-order valence-corrected chi connectivity index (χ2v) is 8.16. The van der Waals surface area contributed by atoms with Crippen molar-refractivity contribution in [3.05, 3.63) is 82.3 Å². The first-order valence-electron chi connectivity index (χ1n) is 9.37. The number of nitrogens with one attached hydrogen (secondary N) is 1. The van der Waals surface area contributed by atoms with Gasteiger partial charge in [0, 0.05) is 24.0 Å². The lowest BCUT2D eigenvalue weighted by atomic mass is 9.91. The van der Waals surface area contributed by atoms with Crippen molar-refractivity contribution in [2.75, 3.05) is 0 Å². The van der Waals surface area contributed by atoms with E-state index in [0.717, 1.165) is 22.6 Å². The van der Waals surface area contributed by atoms with Gasteiger partial charge in [-0.05, 0) is 48.1 Å². The third-order valence-electron chi connectivity index (χ3n) is 4.52. The van der Waals surface area contributed by atoms with Gasteiger partial charge in [-0.1, -0.05) is 32.0 Å². The van der Waals surface area contributed by atoms with E-state index in [9.17, 15) is 9.18 Å². The summed E-state index contributed by atoms with van der Waals surface area (Å²) < 4.78 is 13.4. The number of hydrogen-bond acceptors (Lipinski definition) is 4. The standard InChI is InChI=1S/C22H24FN3OS/c1-15(2)12-20(22-25-10-11-28-22)26-21(27)19(13-16-4-3-9-24-14-16)17-5-7-18(23)8-6-17/h3-11,14-15,19-20H,12-13H2,1-2H3,(H,26,27). The molecule has 0 saturated heterocycles. The third kappa shape index (κ3) is 5.45. The molecule has 0 bridgehead atoms. The van der Waals surface area contributed by atoms with Gasteiger partial charge in [-0.2, -0.15) is 0 Å². The van der Waals surface area contributed by atoms with Crippen molar-refractivity contribution in [3.8, 4) is 0 Å². The number of amides is 1. The molecule has 3 rings (SSSR count). The highest BCUT2D eigenvalue weighted by atomic mass is 32.1. The van der Waals surface area contributed by atoms with Crippen LogP contribution in [0.4, 0.5) is 4.39 Å². The summed E-state index contributed by atoms with van der Waals surface area (Å²) in [5, 5.41) is 6.00. The molecule has 0 aliphatic rings. The summed E-state index contributed by atoms with van der Waals surface area (Å²) in [5.74, 6) is -0.419. The maximum atomic E-state index is 13.4. The van der Waals surface area contributed by atoms with E-state index >= 15 is 0 Å². The number of carbonyl (C=O) groups excluding carboxylic acids is 1. The van der Waals surface area contributed by atoms with Crippen molar-refractivity contribution >= 4 is 17.2 Å². The molecule has 0 fully saturated rings. The highest BCUT2D eigenvalue weighted by Crippen LogP contribution is 2.27. The lowest BCUT2D eigenvalue weighted by Gasteiger charge is -2.23. The van der Waals surface area contributed by atoms with E-state index in [1.807, 2.05) is 17.5 Å². The number of halogens is 1. The number of carbonyl (C=O) groups is 1. The maximum absolute atomic E-state index is 13.4. The number of rotatable bonds is 8. The molecule has 2 atom stereocenters. The molecule has 2 heterocycles. The minimum Gasteiger partial charge on any atom is -0.346 e. The Balaban J connectivity index is 1.85. The average Bonchev–Trinajstić information content (AvgIpc) is 3.22. The van der Waals surface area contributed by atoms with Crippen LogP contribution in [0.25, 0.3) is 0 Å². The molecule has 28 heavy (non-hydrogen) atoms. The van der Waals surface area contributed by atoms with Crippen molar-refractivity contribution < 1.29 is 9.18 Å². The van der Waals surface area contributed by atoms with Gasteiger partial charge in [-0.25, -0.2) is 9.37 Å². The van der Waals surface area contributed by atoms with E-state index in [4.69, 9.17) is 0 Å². The molecule has 146 valence electrons. The van der Waals surface area contributed by atoms with Gasteiger partial charge in [0.1, 0.15) is 10.8 Å². The fourth-order valence-corrected chi connectivity index (χ4v) is 3.89. The smallest absolute Gasteiger partial charge is 0.228 e. The SMILES string of the molecule is CC(C)CC(NC(=O)C(Cc1cccnc1)c1ccc(F)cc1)c1nccs1. The van der Waals surface area contributed by atoms with Crippen molar-refractivity contribution in [2.45, 2.75) is 38.6 Å². The van der Waals surface area contributed by atoms with E-state index in [0.29, 0.717) is 12.3 Å². The zero-order valence-electron chi connectivity index (χ0n) is 16.0. The first-order valence-corrected chi connectivity index (χ1v) is 10.2. The Morgan fingerprint density at radius 2 is 1.96 bits per heavy atom. The molecule has 2 unspecified atom stereocenters. The third-order valence-corrected chi connectivity index (χ3v) is 5.41. The van der Waals surface area contributed by atoms with Crippen LogP contribution in [0.1, 0.15) is 48.4 Å². The molecule has 0 radical (unpaired) electrons. The van der Waals surface area contributed by atoms with Gasteiger partial charge in [-0.15, -0.1) is 11.3 Å². The van der Waals surface area contributed by atoms with Crippen LogP contribution in [-0.2, 0) is 11.2 Å². The van der Waals surface area contributed by atoms with Crippen LogP contribution in [-0.4, -0.2) is 15.9 Å². The molecule has 0 aliphatic carbocycles. The predicted octanol–water partition coefficient (Wildman–Crippen LogP) is 4.91. The van der Waals surface area contributed by atoms with Gasteiger partial charge in [0.25, 0.3) is 0 Å². The number of aromatic nitrogens is 2. The summed E-state index contributed by atoms with van der Waals surface area (Å²) in [5.41, 5.74) is 1.74. The summed E-state index contributed by atoms with van der Waals surface area (Å²) in [6.45, 7) is 4.25. The zero-order chi connectivity index (χ0) is 19.9. The van der Waals surface area contributed by atoms with Gasteiger partial charge in [-0.3, -0.25) is 9.78 Å². The Bertz CT molecular complexity index is 867.